The molecular weight excluding hydrogens is 463 g/mol. The second kappa shape index (κ2) is 10.3. The zero-order valence-corrected chi connectivity index (χ0v) is 18.9. The predicted molar refractivity (Wildman–Crippen MR) is 126 cm³/mol. The molecule has 0 aromatic heterocycles. The summed E-state index contributed by atoms with van der Waals surface area (Å²) in [4.78, 5) is 40.3. The Hall–Kier alpha value is -4.34. The fraction of sp³-hybridized carbons (Fsp3) is 0.160. The van der Waals surface area contributed by atoms with Gasteiger partial charge in [0.25, 0.3) is 0 Å². The first kappa shape index (κ1) is 25.3. The van der Waals surface area contributed by atoms with Crippen molar-refractivity contribution in [2.45, 2.75) is 13.1 Å². The van der Waals surface area contributed by atoms with Crippen LogP contribution in [0.4, 0.5) is 40.7 Å². The molecule has 0 atom stereocenters. The van der Waals surface area contributed by atoms with Gasteiger partial charge in [0.15, 0.2) is 0 Å². The molecular formula is C25H22F3N3O4. The van der Waals surface area contributed by atoms with Gasteiger partial charge in [-0.2, -0.15) is 13.2 Å². The lowest BCUT2D eigenvalue weighted by Crippen LogP contribution is -2.41. The average molecular weight is 485 g/mol. The van der Waals surface area contributed by atoms with Crippen LogP contribution >= 0.6 is 0 Å². The minimum absolute atomic E-state index is 0.0494. The molecule has 0 aliphatic heterocycles. The third-order valence-corrected chi connectivity index (χ3v) is 5.34. The summed E-state index contributed by atoms with van der Waals surface area (Å²) in [5.74, 6) is -1.19. The molecule has 182 valence electrons. The first-order valence-electron chi connectivity index (χ1n) is 10.5. The summed E-state index contributed by atoms with van der Waals surface area (Å²) >= 11 is 0. The maximum Gasteiger partial charge on any atom is 0.416 e. The van der Waals surface area contributed by atoms with E-state index in [1.54, 1.807) is 37.1 Å². The standard InChI is InChI=1S/C25H22F3N3O4/c1-3-29(2)21-14-11-18(25(26,27)28)15-22(21)31(20-7-5-4-6-8-20)24(35)30(16-32)19-12-9-17(10-13-19)23(33)34/h4-16H,3H2,1-2H3,(H,33,34). The average Bonchev–Trinajstić information content (AvgIpc) is 2.84. The molecule has 0 aliphatic carbocycles. The molecule has 35 heavy (non-hydrogen) atoms. The predicted octanol–water partition coefficient (Wildman–Crippen LogP) is 5.78. The van der Waals surface area contributed by atoms with Crippen molar-refractivity contribution in [3.63, 3.8) is 0 Å². The number of amides is 3. The number of aromatic carboxylic acids is 1. The highest BCUT2D eigenvalue weighted by Crippen LogP contribution is 2.40. The minimum Gasteiger partial charge on any atom is -0.478 e. The number of hydrogen-bond acceptors (Lipinski definition) is 4. The van der Waals surface area contributed by atoms with E-state index in [2.05, 4.69) is 0 Å². The van der Waals surface area contributed by atoms with Crippen LogP contribution in [0.1, 0.15) is 22.8 Å². The van der Waals surface area contributed by atoms with Gasteiger partial charge in [0.05, 0.1) is 33.9 Å². The third-order valence-electron chi connectivity index (χ3n) is 5.34. The largest absolute Gasteiger partial charge is 0.478 e. The van der Waals surface area contributed by atoms with Gasteiger partial charge in [-0.05, 0) is 61.5 Å². The Balaban J connectivity index is 2.22. The van der Waals surface area contributed by atoms with Gasteiger partial charge in [0.1, 0.15) is 0 Å². The van der Waals surface area contributed by atoms with Crippen molar-refractivity contribution in [2.75, 3.05) is 28.3 Å². The summed E-state index contributed by atoms with van der Waals surface area (Å²) in [5.41, 5.74) is -0.473. The molecule has 10 heteroatoms. The number of anilines is 4. The number of carbonyl (C=O) groups is 3. The number of carboxylic acids is 1. The van der Waals surface area contributed by atoms with E-state index in [1.165, 1.54) is 42.5 Å². The molecule has 3 amide bonds. The van der Waals surface area contributed by atoms with Crippen LogP contribution < -0.4 is 14.7 Å². The lowest BCUT2D eigenvalue weighted by Gasteiger charge is -2.32. The molecule has 0 fully saturated rings. The quantitative estimate of drug-likeness (QED) is 0.429. The number of halogens is 3. The molecule has 7 nitrogen and oxygen atoms in total. The van der Waals surface area contributed by atoms with Gasteiger partial charge in [-0.15, -0.1) is 0 Å². The van der Waals surface area contributed by atoms with Crippen molar-refractivity contribution in [1.82, 2.24) is 0 Å². The van der Waals surface area contributed by atoms with E-state index >= 15 is 0 Å². The number of benzene rings is 3. The summed E-state index contributed by atoms with van der Waals surface area (Å²) in [6, 6.07) is 15.1. The SMILES string of the molecule is CCN(C)c1ccc(C(F)(F)F)cc1N(C(=O)N(C=O)c1ccc(C(=O)O)cc1)c1ccccc1. The van der Waals surface area contributed by atoms with Gasteiger partial charge < -0.3 is 10.0 Å². The van der Waals surface area contributed by atoms with Gasteiger partial charge in [-0.3, -0.25) is 9.69 Å². The molecule has 0 bridgehead atoms. The van der Waals surface area contributed by atoms with Crippen molar-refractivity contribution in [2.24, 2.45) is 0 Å². The first-order valence-corrected chi connectivity index (χ1v) is 10.5. The van der Waals surface area contributed by atoms with E-state index in [0.29, 0.717) is 17.1 Å². The molecule has 1 N–H and O–H groups in total. The van der Waals surface area contributed by atoms with Crippen molar-refractivity contribution in [3.05, 3.63) is 83.9 Å². The normalized spacial score (nSPS) is 11.0. The number of alkyl halides is 3. The van der Waals surface area contributed by atoms with Crippen LogP contribution in [0.5, 0.6) is 0 Å². The van der Waals surface area contributed by atoms with Crippen molar-refractivity contribution in [1.29, 1.82) is 0 Å². The van der Waals surface area contributed by atoms with Gasteiger partial charge in [-0.25, -0.2) is 14.5 Å². The highest BCUT2D eigenvalue weighted by Gasteiger charge is 2.34. The van der Waals surface area contributed by atoms with Gasteiger partial charge in [0.2, 0.25) is 6.41 Å². The molecule has 3 rings (SSSR count). The maximum absolute atomic E-state index is 13.7. The molecule has 0 unspecified atom stereocenters. The molecule has 0 radical (unpaired) electrons. The highest BCUT2D eigenvalue weighted by atomic mass is 19.4. The highest BCUT2D eigenvalue weighted by molar-refractivity contribution is 6.17. The Morgan fingerprint density at radius 3 is 2.06 bits per heavy atom. The second-order valence-electron chi connectivity index (χ2n) is 7.50. The van der Waals surface area contributed by atoms with Crippen LogP contribution in [0.2, 0.25) is 0 Å². The number of imide groups is 1. The number of para-hydroxylation sites is 1. The molecule has 0 saturated heterocycles. The van der Waals surface area contributed by atoms with Crippen LogP contribution in [0.3, 0.4) is 0 Å². The van der Waals surface area contributed by atoms with Crippen LogP contribution in [0, 0.1) is 0 Å². The number of hydrogen-bond donors (Lipinski definition) is 1. The lowest BCUT2D eigenvalue weighted by atomic mass is 10.1. The number of carbonyl (C=O) groups excluding carboxylic acids is 2. The van der Waals surface area contributed by atoms with E-state index in [-0.39, 0.29) is 29.0 Å². The Morgan fingerprint density at radius 2 is 1.54 bits per heavy atom. The Morgan fingerprint density at radius 1 is 0.914 bits per heavy atom. The van der Waals surface area contributed by atoms with E-state index < -0.39 is 23.7 Å². The maximum atomic E-state index is 13.7. The minimum atomic E-state index is -4.67. The van der Waals surface area contributed by atoms with E-state index in [0.717, 1.165) is 17.0 Å². The van der Waals surface area contributed by atoms with E-state index in [9.17, 15) is 27.6 Å². The molecule has 0 heterocycles. The summed E-state index contributed by atoms with van der Waals surface area (Å²) in [6.07, 6.45) is -4.44. The number of carboxylic acid groups (broad SMARTS) is 1. The van der Waals surface area contributed by atoms with Crippen LogP contribution in [-0.2, 0) is 11.0 Å². The summed E-state index contributed by atoms with van der Waals surface area (Å²) in [5, 5.41) is 9.11. The molecule has 0 saturated carbocycles. The zero-order valence-electron chi connectivity index (χ0n) is 18.9. The Kier molecular flexibility index (Phi) is 7.43. The van der Waals surface area contributed by atoms with E-state index in [4.69, 9.17) is 5.11 Å². The summed E-state index contributed by atoms with van der Waals surface area (Å²) < 4.78 is 40.8. The van der Waals surface area contributed by atoms with Crippen LogP contribution in [0.25, 0.3) is 0 Å². The van der Waals surface area contributed by atoms with Crippen molar-refractivity contribution in [3.8, 4) is 0 Å². The van der Waals surface area contributed by atoms with Gasteiger partial charge >= 0.3 is 18.2 Å². The topological polar surface area (TPSA) is 81.2 Å². The number of nitrogens with zero attached hydrogens (tertiary/aromatic N) is 3. The van der Waals surface area contributed by atoms with Crippen molar-refractivity contribution < 1.29 is 32.7 Å². The number of urea groups is 1. The fourth-order valence-corrected chi connectivity index (χ4v) is 3.39. The molecule has 0 aliphatic rings. The van der Waals surface area contributed by atoms with E-state index in [1.807, 2.05) is 0 Å². The first-order chi connectivity index (χ1) is 16.6. The van der Waals surface area contributed by atoms with Crippen molar-refractivity contribution >= 4 is 41.2 Å². The Bertz CT molecular complexity index is 1210. The van der Waals surface area contributed by atoms with Gasteiger partial charge in [-0.1, -0.05) is 18.2 Å². The zero-order chi connectivity index (χ0) is 25.8. The number of rotatable bonds is 7. The second-order valence-corrected chi connectivity index (χ2v) is 7.50. The molecule has 3 aromatic carbocycles. The molecule has 0 spiro atoms. The summed E-state index contributed by atoms with van der Waals surface area (Å²) in [6.45, 7) is 2.24. The monoisotopic (exact) mass is 485 g/mol. The van der Waals surface area contributed by atoms with Crippen LogP contribution in [0.15, 0.2) is 72.8 Å². The van der Waals surface area contributed by atoms with Gasteiger partial charge in [0, 0.05) is 13.6 Å². The fourth-order valence-electron chi connectivity index (χ4n) is 3.39. The third kappa shape index (κ3) is 5.43. The smallest absolute Gasteiger partial charge is 0.416 e. The van der Waals surface area contributed by atoms with Crippen LogP contribution in [-0.4, -0.2) is 37.1 Å². The lowest BCUT2D eigenvalue weighted by molar-refractivity contribution is -0.137. The Labute approximate surface area is 199 Å². The summed E-state index contributed by atoms with van der Waals surface area (Å²) in [7, 11) is 1.67. The molecule has 3 aromatic rings.